The molecule has 162 valence electrons. The molecule has 31 heavy (non-hydrogen) atoms. The molecule has 1 aromatic heterocycles. The Labute approximate surface area is 180 Å². The van der Waals surface area contributed by atoms with Crippen molar-refractivity contribution in [1.29, 1.82) is 0 Å². The number of benzene rings is 2. The van der Waals surface area contributed by atoms with Crippen LogP contribution in [0.1, 0.15) is 16.1 Å². The molecular formula is C23H25N3O5. The second-order valence-corrected chi connectivity index (χ2v) is 7.16. The molecule has 0 saturated carbocycles. The van der Waals surface area contributed by atoms with Crippen LogP contribution >= 0.6 is 0 Å². The second-order valence-electron chi connectivity index (χ2n) is 7.16. The fourth-order valence-corrected chi connectivity index (χ4v) is 2.99. The summed E-state index contributed by atoms with van der Waals surface area (Å²) in [6.07, 6.45) is 1.54. The lowest BCUT2D eigenvalue weighted by molar-refractivity contribution is -0.116. The first-order valence-corrected chi connectivity index (χ1v) is 9.75. The number of hydrogen-bond acceptors (Lipinski definition) is 6. The number of hydroxylamine groups is 1. The number of nitrogens with one attached hydrogen (secondary N) is 2. The third-order valence-electron chi connectivity index (χ3n) is 4.42. The van der Waals surface area contributed by atoms with Gasteiger partial charge >= 0.3 is 0 Å². The van der Waals surface area contributed by atoms with Crippen molar-refractivity contribution < 1.29 is 24.0 Å². The summed E-state index contributed by atoms with van der Waals surface area (Å²) in [5, 5.41) is 12.4. The van der Waals surface area contributed by atoms with Gasteiger partial charge in [0.05, 0.1) is 6.54 Å². The molecule has 0 unspecified atom stereocenters. The number of para-hydroxylation sites is 1. The van der Waals surface area contributed by atoms with Crippen LogP contribution in [0.25, 0.3) is 16.5 Å². The van der Waals surface area contributed by atoms with E-state index in [-0.39, 0.29) is 12.5 Å². The van der Waals surface area contributed by atoms with Crippen molar-refractivity contribution in [3.05, 3.63) is 72.0 Å². The van der Waals surface area contributed by atoms with Gasteiger partial charge in [0, 0.05) is 29.1 Å². The molecule has 0 atom stereocenters. The number of ether oxygens (including phenoxy) is 1. The molecular weight excluding hydrogens is 398 g/mol. The standard InChI is InChI=1S/C23H25N3O5/c1-26(2)15-18(21-13-17-5-3-4-6-20(17)31-21)14-22(27)24-11-12-30-19-9-7-16(8-10-19)23(28)25-29/h3-10,13-14,29H,11-12,15H2,1-2H3,(H,24,27)(H,25,28)/b18-14+. The van der Waals surface area contributed by atoms with Gasteiger partial charge in [0.2, 0.25) is 5.91 Å². The first-order chi connectivity index (χ1) is 15.0. The van der Waals surface area contributed by atoms with E-state index in [2.05, 4.69) is 5.32 Å². The average Bonchev–Trinajstić information content (AvgIpc) is 3.20. The van der Waals surface area contributed by atoms with E-state index in [0.717, 1.165) is 16.5 Å². The summed E-state index contributed by atoms with van der Waals surface area (Å²) in [6.45, 7) is 1.12. The van der Waals surface area contributed by atoms with Crippen LogP contribution in [0.2, 0.25) is 0 Å². The number of furan rings is 1. The Kier molecular flexibility index (Phi) is 7.42. The topological polar surface area (TPSA) is 104 Å². The predicted octanol–water partition coefficient (Wildman–Crippen LogP) is 2.69. The fraction of sp³-hybridized carbons (Fsp3) is 0.217. The second kappa shape index (κ2) is 10.4. The molecule has 3 rings (SSSR count). The zero-order chi connectivity index (χ0) is 22.2. The molecule has 2 aromatic carbocycles. The van der Waals surface area contributed by atoms with Crippen LogP contribution in [0, 0.1) is 0 Å². The van der Waals surface area contributed by atoms with Crippen molar-refractivity contribution >= 4 is 28.4 Å². The molecule has 2 amide bonds. The minimum Gasteiger partial charge on any atom is -0.492 e. The summed E-state index contributed by atoms with van der Waals surface area (Å²) in [6, 6.07) is 15.9. The summed E-state index contributed by atoms with van der Waals surface area (Å²) in [7, 11) is 3.86. The monoisotopic (exact) mass is 423 g/mol. The zero-order valence-corrected chi connectivity index (χ0v) is 17.4. The van der Waals surface area contributed by atoms with Crippen molar-refractivity contribution in [2.24, 2.45) is 0 Å². The molecule has 0 saturated heterocycles. The molecule has 8 nitrogen and oxygen atoms in total. The van der Waals surface area contributed by atoms with Gasteiger partial charge in [0.1, 0.15) is 23.7 Å². The number of carbonyl (C=O) groups excluding carboxylic acids is 2. The highest BCUT2D eigenvalue weighted by molar-refractivity contribution is 5.96. The smallest absolute Gasteiger partial charge is 0.274 e. The van der Waals surface area contributed by atoms with Crippen LogP contribution in [0.3, 0.4) is 0 Å². The predicted molar refractivity (Wildman–Crippen MR) is 117 cm³/mol. The van der Waals surface area contributed by atoms with E-state index < -0.39 is 5.91 Å². The highest BCUT2D eigenvalue weighted by atomic mass is 16.5. The molecule has 3 N–H and O–H groups in total. The third kappa shape index (κ3) is 6.18. The zero-order valence-electron chi connectivity index (χ0n) is 17.4. The number of likely N-dealkylation sites (N-methyl/N-ethyl adjacent to an activating group) is 1. The Morgan fingerprint density at radius 1 is 1.13 bits per heavy atom. The summed E-state index contributed by atoms with van der Waals surface area (Å²) >= 11 is 0. The highest BCUT2D eigenvalue weighted by Crippen LogP contribution is 2.25. The van der Waals surface area contributed by atoms with Gasteiger partial charge in [0.15, 0.2) is 0 Å². The van der Waals surface area contributed by atoms with E-state index in [1.807, 2.05) is 49.3 Å². The molecule has 8 heteroatoms. The highest BCUT2D eigenvalue weighted by Gasteiger charge is 2.12. The molecule has 0 bridgehead atoms. The largest absolute Gasteiger partial charge is 0.492 e. The molecule has 0 aliphatic carbocycles. The van der Waals surface area contributed by atoms with Gasteiger partial charge in [-0.15, -0.1) is 0 Å². The summed E-state index contributed by atoms with van der Waals surface area (Å²) in [5.74, 6) is 0.377. The summed E-state index contributed by atoms with van der Waals surface area (Å²) < 4.78 is 11.5. The van der Waals surface area contributed by atoms with Crippen LogP contribution in [0.5, 0.6) is 5.75 Å². The molecule has 0 fully saturated rings. The first-order valence-electron chi connectivity index (χ1n) is 9.75. The van der Waals surface area contributed by atoms with Crippen LogP contribution in [0.4, 0.5) is 0 Å². The van der Waals surface area contributed by atoms with E-state index in [0.29, 0.717) is 30.2 Å². The van der Waals surface area contributed by atoms with Gasteiger partial charge in [-0.1, -0.05) is 18.2 Å². The van der Waals surface area contributed by atoms with Crippen molar-refractivity contribution in [3.8, 4) is 5.75 Å². The molecule has 3 aromatic rings. The summed E-state index contributed by atoms with van der Waals surface area (Å²) in [5.41, 5.74) is 3.43. The van der Waals surface area contributed by atoms with Gasteiger partial charge in [-0.2, -0.15) is 0 Å². The average molecular weight is 423 g/mol. The quantitative estimate of drug-likeness (QED) is 0.212. The number of amides is 2. The van der Waals surface area contributed by atoms with Crippen LogP contribution in [-0.2, 0) is 4.79 Å². The number of rotatable bonds is 9. The van der Waals surface area contributed by atoms with Crippen LogP contribution < -0.4 is 15.5 Å². The van der Waals surface area contributed by atoms with Gasteiger partial charge in [-0.25, -0.2) is 5.48 Å². The molecule has 0 spiro atoms. The normalized spacial score (nSPS) is 11.5. The summed E-state index contributed by atoms with van der Waals surface area (Å²) in [4.78, 5) is 25.7. The van der Waals surface area contributed by atoms with Gasteiger partial charge in [0.25, 0.3) is 5.91 Å². The molecule has 0 aliphatic heterocycles. The minimum atomic E-state index is -0.594. The lowest BCUT2D eigenvalue weighted by atomic mass is 10.1. The number of carbonyl (C=O) groups is 2. The van der Waals surface area contributed by atoms with Crippen molar-refractivity contribution in [3.63, 3.8) is 0 Å². The maximum atomic E-state index is 12.4. The lowest BCUT2D eigenvalue weighted by Gasteiger charge is -2.12. The van der Waals surface area contributed by atoms with Crippen LogP contribution in [0.15, 0.2) is 65.1 Å². The number of nitrogens with zero attached hydrogens (tertiary/aromatic N) is 1. The molecule has 1 heterocycles. The maximum Gasteiger partial charge on any atom is 0.274 e. The van der Waals surface area contributed by atoms with Crippen LogP contribution in [-0.4, -0.2) is 55.7 Å². The maximum absolute atomic E-state index is 12.4. The molecule has 0 aliphatic rings. The first kappa shape index (κ1) is 22.1. The SMILES string of the molecule is CN(C)C/C(=C\C(=O)NCCOc1ccc(C(=O)NO)cc1)c1cc2ccccc2o1. The van der Waals surface area contributed by atoms with E-state index in [9.17, 15) is 9.59 Å². The fourth-order valence-electron chi connectivity index (χ4n) is 2.99. The van der Waals surface area contributed by atoms with Gasteiger partial charge < -0.3 is 19.4 Å². The Morgan fingerprint density at radius 3 is 2.55 bits per heavy atom. The van der Waals surface area contributed by atoms with Crippen molar-refractivity contribution in [2.45, 2.75) is 0 Å². The van der Waals surface area contributed by atoms with Gasteiger partial charge in [-0.3, -0.25) is 14.8 Å². The Bertz CT molecular complexity index is 1040. The van der Waals surface area contributed by atoms with Crippen molar-refractivity contribution in [2.75, 3.05) is 33.8 Å². The number of hydrogen-bond donors (Lipinski definition) is 3. The van der Waals surface area contributed by atoms with E-state index in [1.165, 1.54) is 12.1 Å². The Balaban J connectivity index is 1.56. The number of fused-ring (bicyclic) bond motifs is 1. The Morgan fingerprint density at radius 2 is 1.87 bits per heavy atom. The van der Waals surface area contributed by atoms with Crippen molar-refractivity contribution in [1.82, 2.24) is 15.7 Å². The van der Waals surface area contributed by atoms with E-state index in [1.54, 1.807) is 23.7 Å². The van der Waals surface area contributed by atoms with E-state index in [4.69, 9.17) is 14.4 Å². The molecule has 0 radical (unpaired) electrons. The third-order valence-corrected chi connectivity index (χ3v) is 4.42. The Hall–Kier alpha value is -3.62. The van der Waals surface area contributed by atoms with Gasteiger partial charge in [-0.05, 0) is 50.5 Å². The lowest BCUT2D eigenvalue weighted by Crippen LogP contribution is -2.27. The van der Waals surface area contributed by atoms with E-state index >= 15 is 0 Å². The minimum absolute atomic E-state index is 0.240.